The zero-order valence-electron chi connectivity index (χ0n) is 16.9. The number of nitrogens with two attached hydrogens (primary N) is 1. The first-order valence-electron chi connectivity index (χ1n) is 10.5. The van der Waals surface area contributed by atoms with E-state index in [0.717, 1.165) is 18.9 Å². The zero-order valence-corrected chi connectivity index (χ0v) is 17.7. The molecule has 3 nitrogen and oxygen atoms in total. The average molecular weight is 419 g/mol. The van der Waals surface area contributed by atoms with Crippen molar-refractivity contribution in [1.29, 1.82) is 0 Å². The Morgan fingerprint density at radius 1 is 0.900 bits per heavy atom. The van der Waals surface area contributed by atoms with Gasteiger partial charge in [0.1, 0.15) is 0 Å². The van der Waals surface area contributed by atoms with Crippen LogP contribution < -0.4 is 11.1 Å². The number of amides is 1. The summed E-state index contributed by atoms with van der Waals surface area (Å²) in [7, 11) is 0. The van der Waals surface area contributed by atoms with Crippen LogP contribution in [0.5, 0.6) is 0 Å². The highest BCUT2D eigenvalue weighted by Gasteiger charge is 2.40. The molecule has 1 amide bonds. The van der Waals surface area contributed by atoms with Crippen LogP contribution in [0.3, 0.4) is 0 Å². The molecule has 5 rings (SSSR count). The minimum Gasteiger partial charge on any atom is -0.366 e. The Morgan fingerprint density at radius 3 is 2.30 bits per heavy atom. The standard InChI is InChI=1S/C26H26N2O.ClH/c27-26(29)19-12-13-22(23(14-19)24-15-25(24)28-16-17-10-11-17)21-9-5-4-8-20(21)18-6-2-1-3-7-18;/h1-9,12-14,17,24-25,28H,10-11,15-16H2,(H2,27,29);1H. The van der Waals surface area contributed by atoms with Crippen molar-refractivity contribution >= 4 is 18.3 Å². The van der Waals surface area contributed by atoms with Crippen LogP contribution in [0.25, 0.3) is 22.3 Å². The van der Waals surface area contributed by atoms with Gasteiger partial charge >= 0.3 is 0 Å². The predicted octanol–water partition coefficient (Wildman–Crippen LogP) is 5.40. The molecule has 0 aromatic heterocycles. The highest BCUT2D eigenvalue weighted by atomic mass is 35.5. The second-order valence-electron chi connectivity index (χ2n) is 8.38. The average Bonchev–Trinajstić information content (AvgIpc) is 3.68. The highest BCUT2D eigenvalue weighted by Crippen LogP contribution is 2.47. The fraction of sp³-hybridized carbons (Fsp3) is 0.269. The molecule has 0 aliphatic heterocycles. The number of benzene rings is 3. The lowest BCUT2D eigenvalue weighted by Gasteiger charge is -2.16. The molecule has 3 aromatic carbocycles. The molecule has 0 saturated heterocycles. The zero-order chi connectivity index (χ0) is 19.8. The molecule has 2 saturated carbocycles. The molecule has 0 radical (unpaired) electrons. The van der Waals surface area contributed by atoms with Crippen LogP contribution in [0.2, 0.25) is 0 Å². The van der Waals surface area contributed by atoms with E-state index in [4.69, 9.17) is 5.73 Å². The van der Waals surface area contributed by atoms with Crippen LogP contribution in [0.1, 0.15) is 41.1 Å². The van der Waals surface area contributed by atoms with Crippen molar-refractivity contribution < 1.29 is 4.79 Å². The quantitative estimate of drug-likeness (QED) is 0.540. The second kappa shape index (κ2) is 8.63. The summed E-state index contributed by atoms with van der Waals surface area (Å²) < 4.78 is 0. The van der Waals surface area contributed by atoms with Gasteiger partial charge in [-0.2, -0.15) is 0 Å². The molecule has 2 aliphatic rings. The summed E-state index contributed by atoms with van der Waals surface area (Å²) in [6.07, 6.45) is 3.84. The number of nitrogens with one attached hydrogen (secondary N) is 1. The third-order valence-electron chi connectivity index (χ3n) is 6.19. The van der Waals surface area contributed by atoms with Gasteiger partial charge in [0.15, 0.2) is 0 Å². The summed E-state index contributed by atoms with van der Waals surface area (Å²) in [4.78, 5) is 11.8. The van der Waals surface area contributed by atoms with E-state index in [-0.39, 0.29) is 18.3 Å². The van der Waals surface area contributed by atoms with Crippen LogP contribution >= 0.6 is 12.4 Å². The summed E-state index contributed by atoms with van der Waals surface area (Å²) in [5.41, 5.74) is 12.2. The molecule has 2 unspecified atom stereocenters. The molecule has 0 bridgehead atoms. The Hall–Kier alpha value is -2.62. The molecule has 2 fully saturated rings. The van der Waals surface area contributed by atoms with Crippen LogP contribution in [-0.4, -0.2) is 18.5 Å². The van der Waals surface area contributed by atoms with Crippen molar-refractivity contribution in [3.8, 4) is 22.3 Å². The first-order chi connectivity index (χ1) is 14.2. The van der Waals surface area contributed by atoms with E-state index in [2.05, 4.69) is 59.9 Å². The largest absolute Gasteiger partial charge is 0.366 e. The molecule has 3 N–H and O–H groups in total. The number of carbonyl (C=O) groups is 1. The van der Waals surface area contributed by atoms with E-state index in [1.165, 1.54) is 40.7 Å². The van der Waals surface area contributed by atoms with Crippen LogP contribution in [0.4, 0.5) is 0 Å². The molecule has 154 valence electrons. The minimum atomic E-state index is -0.364. The Balaban J connectivity index is 0.00000218. The van der Waals surface area contributed by atoms with E-state index >= 15 is 0 Å². The number of hydrogen-bond donors (Lipinski definition) is 2. The molecule has 2 aliphatic carbocycles. The fourth-order valence-corrected chi connectivity index (χ4v) is 4.26. The van der Waals surface area contributed by atoms with Gasteiger partial charge in [-0.15, -0.1) is 12.4 Å². The molecule has 3 aromatic rings. The summed E-state index contributed by atoms with van der Waals surface area (Å²) in [6.45, 7) is 1.12. The van der Waals surface area contributed by atoms with Gasteiger partial charge in [0, 0.05) is 17.5 Å². The lowest BCUT2D eigenvalue weighted by Crippen LogP contribution is -2.20. The Bertz CT molecular complexity index is 1050. The van der Waals surface area contributed by atoms with Gasteiger partial charge in [0.05, 0.1) is 0 Å². The normalized spacial score (nSPS) is 19.7. The van der Waals surface area contributed by atoms with Gasteiger partial charge in [-0.05, 0) is 71.7 Å². The maximum Gasteiger partial charge on any atom is 0.248 e. The Kier molecular flexibility index (Phi) is 5.94. The lowest BCUT2D eigenvalue weighted by atomic mass is 9.89. The number of carbonyl (C=O) groups excluding carboxylic acids is 1. The van der Waals surface area contributed by atoms with Crippen molar-refractivity contribution in [2.75, 3.05) is 6.54 Å². The Morgan fingerprint density at radius 2 is 1.60 bits per heavy atom. The van der Waals surface area contributed by atoms with Gasteiger partial charge in [0.25, 0.3) is 0 Å². The molecule has 30 heavy (non-hydrogen) atoms. The number of hydrogen-bond acceptors (Lipinski definition) is 2. The SMILES string of the molecule is Cl.NC(=O)c1ccc(-c2ccccc2-c2ccccc2)c(C2CC2NCC2CC2)c1. The van der Waals surface area contributed by atoms with Crippen molar-refractivity contribution in [2.24, 2.45) is 11.7 Å². The van der Waals surface area contributed by atoms with E-state index in [0.29, 0.717) is 17.5 Å². The molecule has 4 heteroatoms. The van der Waals surface area contributed by atoms with E-state index in [1.807, 2.05) is 18.2 Å². The highest BCUT2D eigenvalue weighted by molar-refractivity contribution is 5.95. The number of halogens is 1. The van der Waals surface area contributed by atoms with E-state index in [9.17, 15) is 4.79 Å². The van der Waals surface area contributed by atoms with Crippen molar-refractivity contribution in [3.63, 3.8) is 0 Å². The first kappa shape index (κ1) is 20.6. The Labute approximate surface area is 184 Å². The van der Waals surface area contributed by atoms with E-state index in [1.54, 1.807) is 0 Å². The van der Waals surface area contributed by atoms with Gasteiger partial charge in [0.2, 0.25) is 5.91 Å². The predicted molar refractivity (Wildman–Crippen MR) is 125 cm³/mol. The summed E-state index contributed by atoms with van der Waals surface area (Å²) in [6, 6.07) is 25.5. The number of rotatable bonds is 7. The van der Waals surface area contributed by atoms with Gasteiger partial charge in [-0.25, -0.2) is 0 Å². The minimum absolute atomic E-state index is 0. The van der Waals surface area contributed by atoms with Gasteiger partial charge < -0.3 is 11.1 Å². The maximum absolute atomic E-state index is 11.8. The molecular formula is C26H27ClN2O. The smallest absolute Gasteiger partial charge is 0.248 e. The number of primary amides is 1. The summed E-state index contributed by atoms with van der Waals surface area (Å²) in [5.74, 6) is 0.940. The molecule has 0 spiro atoms. The molecule has 0 heterocycles. The first-order valence-corrected chi connectivity index (χ1v) is 10.5. The maximum atomic E-state index is 11.8. The fourth-order valence-electron chi connectivity index (χ4n) is 4.26. The van der Waals surface area contributed by atoms with Gasteiger partial charge in [-0.1, -0.05) is 60.7 Å². The van der Waals surface area contributed by atoms with E-state index < -0.39 is 0 Å². The lowest BCUT2D eigenvalue weighted by molar-refractivity contribution is 0.1000. The molecule has 2 atom stereocenters. The summed E-state index contributed by atoms with van der Waals surface area (Å²) in [5, 5.41) is 3.72. The van der Waals surface area contributed by atoms with Gasteiger partial charge in [-0.3, -0.25) is 4.79 Å². The summed E-state index contributed by atoms with van der Waals surface area (Å²) >= 11 is 0. The third-order valence-corrected chi connectivity index (χ3v) is 6.19. The van der Waals surface area contributed by atoms with Crippen LogP contribution in [0.15, 0.2) is 72.8 Å². The van der Waals surface area contributed by atoms with Crippen LogP contribution in [-0.2, 0) is 0 Å². The van der Waals surface area contributed by atoms with Crippen molar-refractivity contribution in [1.82, 2.24) is 5.32 Å². The molecular weight excluding hydrogens is 392 g/mol. The topological polar surface area (TPSA) is 55.1 Å². The van der Waals surface area contributed by atoms with Crippen molar-refractivity contribution in [2.45, 2.75) is 31.2 Å². The third kappa shape index (κ3) is 4.28. The monoisotopic (exact) mass is 418 g/mol. The van der Waals surface area contributed by atoms with Crippen molar-refractivity contribution in [3.05, 3.63) is 83.9 Å². The van der Waals surface area contributed by atoms with Crippen LogP contribution in [0, 0.1) is 5.92 Å². The second-order valence-corrected chi connectivity index (χ2v) is 8.38.